The summed E-state index contributed by atoms with van der Waals surface area (Å²) < 4.78 is 31.5. The molecule has 0 aromatic heterocycles. The van der Waals surface area contributed by atoms with Gasteiger partial charge in [-0.05, 0) is 62.6 Å². The largest absolute Gasteiger partial charge is 0.491 e. The molecular formula is C21H28N2O4S. The lowest BCUT2D eigenvalue weighted by molar-refractivity contribution is -0.121. The van der Waals surface area contributed by atoms with E-state index >= 15 is 0 Å². The first-order chi connectivity index (χ1) is 13.1. The van der Waals surface area contributed by atoms with Gasteiger partial charge >= 0.3 is 0 Å². The Labute approximate surface area is 167 Å². The molecule has 1 atom stereocenters. The van der Waals surface area contributed by atoms with E-state index in [1.807, 2.05) is 45.0 Å². The van der Waals surface area contributed by atoms with Crippen molar-refractivity contribution in [2.75, 3.05) is 23.7 Å². The van der Waals surface area contributed by atoms with Gasteiger partial charge in [-0.15, -0.1) is 0 Å². The van der Waals surface area contributed by atoms with Gasteiger partial charge in [-0.25, -0.2) is 8.42 Å². The molecule has 0 aliphatic rings. The van der Waals surface area contributed by atoms with E-state index < -0.39 is 16.1 Å². The molecule has 0 radical (unpaired) electrons. The maximum Gasteiger partial charge on any atom is 0.243 e. The summed E-state index contributed by atoms with van der Waals surface area (Å²) >= 11 is 0. The van der Waals surface area contributed by atoms with Crippen LogP contribution in [0.5, 0.6) is 5.75 Å². The van der Waals surface area contributed by atoms with Gasteiger partial charge in [0, 0.05) is 0 Å². The van der Waals surface area contributed by atoms with Crippen molar-refractivity contribution < 1.29 is 17.9 Å². The fourth-order valence-electron chi connectivity index (χ4n) is 2.92. The summed E-state index contributed by atoms with van der Waals surface area (Å²) in [6.45, 7) is 7.97. The van der Waals surface area contributed by atoms with Crippen molar-refractivity contribution in [1.29, 1.82) is 0 Å². The van der Waals surface area contributed by atoms with Crippen LogP contribution in [0, 0.1) is 20.8 Å². The van der Waals surface area contributed by atoms with Crippen molar-refractivity contribution in [1.82, 2.24) is 5.32 Å². The predicted octanol–water partition coefficient (Wildman–Crippen LogP) is 2.96. The highest BCUT2D eigenvalue weighted by Gasteiger charge is 2.28. The van der Waals surface area contributed by atoms with E-state index in [4.69, 9.17) is 4.74 Å². The topological polar surface area (TPSA) is 75.7 Å². The second kappa shape index (κ2) is 9.10. The number of ether oxygens (including phenoxy) is 1. The molecule has 7 heteroatoms. The molecule has 1 amide bonds. The minimum absolute atomic E-state index is 0.280. The molecule has 28 heavy (non-hydrogen) atoms. The number of rotatable bonds is 8. The van der Waals surface area contributed by atoms with Gasteiger partial charge in [0.1, 0.15) is 18.4 Å². The third-order valence-corrected chi connectivity index (χ3v) is 5.59. The van der Waals surface area contributed by atoms with Crippen LogP contribution in [0.3, 0.4) is 0 Å². The lowest BCUT2D eigenvalue weighted by atomic mass is 10.1. The Hall–Kier alpha value is -2.54. The molecule has 0 unspecified atom stereocenters. The van der Waals surface area contributed by atoms with Gasteiger partial charge in [-0.3, -0.25) is 9.10 Å². The van der Waals surface area contributed by atoms with Crippen LogP contribution in [0.1, 0.15) is 23.6 Å². The van der Waals surface area contributed by atoms with Crippen LogP contribution in [0.2, 0.25) is 0 Å². The zero-order chi connectivity index (χ0) is 20.9. The quantitative estimate of drug-likeness (QED) is 0.687. The minimum atomic E-state index is -3.62. The zero-order valence-corrected chi connectivity index (χ0v) is 17.8. The van der Waals surface area contributed by atoms with E-state index in [0.29, 0.717) is 12.3 Å². The van der Waals surface area contributed by atoms with Crippen LogP contribution in [0.25, 0.3) is 0 Å². The smallest absolute Gasteiger partial charge is 0.243 e. The Kier molecular flexibility index (Phi) is 7.07. The molecule has 1 N–H and O–H groups in total. The third kappa shape index (κ3) is 5.73. The summed E-state index contributed by atoms with van der Waals surface area (Å²) in [5, 5.41) is 2.75. The van der Waals surface area contributed by atoms with E-state index in [1.54, 1.807) is 25.1 Å². The molecule has 2 aromatic rings. The third-order valence-electron chi connectivity index (χ3n) is 4.35. The number of sulfonamides is 1. The number of carbonyl (C=O) groups is 1. The molecule has 0 saturated heterocycles. The highest BCUT2D eigenvalue weighted by Crippen LogP contribution is 2.22. The number of nitrogens with one attached hydrogen (secondary N) is 1. The van der Waals surface area contributed by atoms with Gasteiger partial charge in [-0.1, -0.05) is 24.3 Å². The summed E-state index contributed by atoms with van der Waals surface area (Å²) in [6.07, 6.45) is 1.10. The molecule has 2 aromatic carbocycles. The maximum atomic E-state index is 12.5. The SMILES string of the molecule is Cc1cccc(N([C@H](C)C(=O)NCCOc2cc(C)ccc2C)S(C)(=O)=O)c1. The molecule has 0 spiro atoms. The fourth-order valence-corrected chi connectivity index (χ4v) is 4.09. The Morgan fingerprint density at radius 3 is 2.43 bits per heavy atom. The molecule has 0 bridgehead atoms. The van der Waals surface area contributed by atoms with Gasteiger partial charge in [-0.2, -0.15) is 0 Å². The number of aryl methyl sites for hydroxylation is 3. The molecule has 0 fully saturated rings. The summed E-state index contributed by atoms with van der Waals surface area (Å²) in [4.78, 5) is 12.5. The Morgan fingerprint density at radius 1 is 1.11 bits per heavy atom. The standard InChI is InChI=1S/C21H28N2O4S/c1-15-7-6-8-19(13-15)23(28(5,25)26)18(4)21(24)22-11-12-27-20-14-16(2)9-10-17(20)3/h6-10,13-14,18H,11-12H2,1-5H3,(H,22,24)/t18-/m1/s1. The Bertz CT molecular complexity index is 941. The summed E-state index contributed by atoms with van der Waals surface area (Å²) in [5.41, 5.74) is 3.51. The number of hydrogen-bond donors (Lipinski definition) is 1. The van der Waals surface area contributed by atoms with Crippen LogP contribution in [-0.2, 0) is 14.8 Å². The first-order valence-corrected chi connectivity index (χ1v) is 11.0. The number of nitrogens with zero attached hydrogens (tertiary/aromatic N) is 1. The summed E-state index contributed by atoms with van der Waals surface area (Å²) in [5.74, 6) is 0.399. The first kappa shape index (κ1) is 21.8. The zero-order valence-electron chi connectivity index (χ0n) is 17.0. The minimum Gasteiger partial charge on any atom is -0.491 e. The van der Waals surface area contributed by atoms with Crippen molar-refractivity contribution in [3.8, 4) is 5.75 Å². The maximum absolute atomic E-state index is 12.5. The normalized spacial score (nSPS) is 12.3. The fraction of sp³-hybridized carbons (Fsp3) is 0.381. The van der Waals surface area contributed by atoms with Crippen molar-refractivity contribution >= 4 is 21.6 Å². The number of amides is 1. The molecule has 0 aliphatic heterocycles. The molecule has 2 rings (SSSR count). The van der Waals surface area contributed by atoms with Gasteiger partial charge in [0.15, 0.2) is 0 Å². The van der Waals surface area contributed by atoms with E-state index in [2.05, 4.69) is 5.32 Å². The number of carbonyl (C=O) groups excluding carboxylic acids is 1. The predicted molar refractivity (Wildman–Crippen MR) is 112 cm³/mol. The van der Waals surface area contributed by atoms with Crippen LogP contribution in [0.15, 0.2) is 42.5 Å². The van der Waals surface area contributed by atoms with Crippen molar-refractivity contribution in [2.24, 2.45) is 0 Å². The Morgan fingerprint density at radius 2 is 1.79 bits per heavy atom. The van der Waals surface area contributed by atoms with Crippen molar-refractivity contribution in [3.05, 3.63) is 59.2 Å². The highest BCUT2D eigenvalue weighted by molar-refractivity contribution is 7.92. The summed E-state index contributed by atoms with van der Waals surface area (Å²) in [7, 11) is -3.62. The second-order valence-electron chi connectivity index (χ2n) is 6.98. The van der Waals surface area contributed by atoms with Crippen molar-refractivity contribution in [3.63, 3.8) is 0 Å². The summed E-state index contributed by atoms with van der Waals surface area (Å²) in [6, 6.07) is 12.1. The van der Waals surface area contributed by atoms with Crippen LogP contribution < -0.4 is 14.4 Å². The van der Waals surface area contributed by atoms with Gasteiger partial charge in [0.25, 0.3) is 0 Å². The lowest BCUT2D eigenvalue weighted by Gasteiger charge is -2.28. The van der Waals surface area contributed by atoms with Crippen LogP contribution in [-0.4, -0.2) is 39.8 Å². The van der Waals surface area contributed by atoms with E-state index in [1.165, 1.54) is 0 Å². The molecule has 0 heterocycles. The van der Waals surface area contributed by atoms with Crippen LogP contribution >= 0.6 is 0 Å². The Balaban J connectivity index is 2.00. The van der Waals surface area contributed by atoms with Gasteiger partial charge < -0.3 is 10.1 Å². The lowest BCUT2D eigenvalue weighted by Crippen LogP contribution is -2.48. The first-order valence-electron chi connectivity index (χ1n) is 9.13. The average molecular weight is 405 g/mol. The van der Waals surface area contributed by atoms with Gasteiger partial charge in [0.2, 0.25) is 15.9 Å². The molecule has 0 saturated carbocycles. The molecule has 152 valence electrons. The number of benzene rings is 2. The number of hydrogen-bond acceptors (Lipinski definition) is 4. The van der Waals surface area contributed by atoms with Gasteiger partial charge in [0.05, 0.1) is 18.5 Å². The highest BCUT2D eigenvalue weighted by atomic mass is 32.2. The molecular weight excluding hydrogens is 376 g/mol. The van der Waals surface area contributed by atoms with Crippen LogP contribution in [0.4, 0.5) is 5.69 Å². The van der Waals surface area contributed by atoms with E-state index in [0.717, 1.165) is 33.0 Å². The second-order valence-corrected chi connectivity index (χ2v) is 8.84. The monoisotopic (exact) mass is 404 g/mol. The van der Waals surface area contributed by atoms with E-state index in [9.17, 15) is 13.2 Å². The average Bonchev–Trinajstić information content (AvgIpc) is 2.60. The van der Waals surface area contributed by atoms with E-state index in [-0.39, 0.29) is 12.5 Å². The molecule has 6 nitrogen and oxygen atoms in total. The molecule has 0 aliphatic carbocycles. The number of anilines is 1. The van der Waals surface area contributed by atoms with Crippen molar-refractivity contribution in [2.45, 2.75) is 33.7 Å².